The van der Waals surface area contributed by atoms with Gasteiger partial charge in [0.25, 0.3) is 0 Å². The number of amides is 1. The fraction of sp³-hybridized carbons (Fsp3) is 0.105. The smallest absolute Gasteiger partial charge is 0.234 e. The molecule has 0 bridgehead atoms. The maximum absolute atomic E-state index is 12.1. The lowest BCUT2D eigenvalue weighted by Crippen LogP contribution is -2.13. The third kappa shape index (κ3) is 3.81. The van der Waals surface area contributed by atoms with E-state index in [-0.39, 0.29) is 11.7 Å². The normalized spacial score (nSPS) is 10.5. The summed E-state index contributed by atoms with van der Waals surface area (Å²) in [5, 5.41) is 14.8. The lowest BCUT2D eigenvalue weighted by molar-refractivity contribution is -0.113. The number of fused-ring (bicyclic) bond motifs is 1. The van der Waals surface area contributed by atoms with Crippen molar-refractivity contribution in [3.63, 3.8) is 0 Å². The number of anilines is 1. The Hall–Kier alpha value is -2.66. The molecule has 5 heteroatoms. The molecule has 3 aromatic carbocycles. The summed E-state index contributed by atoms with van der Waals surface area (Å²) in [6.07, 6.45) is 0. The van der Waals surface area contributed by atoms with Gasteiger partial charge in [-0.15, -0.1) is 11.8 Å². The van der Waals surface area contributed by atoms with Crippen LogP contribution in [0.2, 0.25) is 0 Å². The number of thioether (sulfide) groups is 1. The standard InChI is InChI=1S/C19H17NO3S/c1-23-18-9-7-15(11-17(18)21)20-19(22)12-24-16-8-6-13-4-2-3-5-14(13)10-16/h2-11,21H,12H2,1H3,(H,20,22). The number of benzene rings is 3. The summed E-state index contributed by atoms with van der Waals surface area (Å²) in [5.41, 5.74) is 0.539. The second-order valence-electron chi connectivity index (χ2n) is 5.23. The summed E-state index contributed by atoms with van der Waals surface area (Å²) >= 11 is 1.48. The first-order chi connectivity index (χ1) is 11.7. The van der Waals surface area contributed by atoms with Crippen molar-refractivity contribution in [1.82, 2.24) is 0 Å². The average Bonchev–Trinajstić information content (AvgIpc) is 2.60. The van der Waals surface area contributed by atoms with Crippen LogP contribution in [0, 0.1) is 0 Å². The molecule has 0 aliphatic heterocycles. The zero-order valence-corrected chi connectivity index (χ0v) is 14.0. The number of nitrogens with one attached hydrogen (secondary N) is 1. The van der Waals surface area contributed by atoms with E-state index in [1.165, 1.54) is 30.3 Å². The van der Waals surface area contributed by atoms with Gasteiger partial charge < -0.3 is 15.2 Å². The molecule has 0 aromatic heterocycles. The van der Waals surface area contributed by atoms with Crippen molar-refractivity contribution in [2.75, 3.05) is 18.2 Å². The van der Waals surface area contributed by atoms with Gasteiger partial charge in [0, 0.05) is 16.6 Å². The Morgan fingerprint density at radius 1 is 1.08 bits per heavy atom. The molecule has 4 nitrogen and oxygen atoms in total. The number of carbonyl (C=O) groups excluding carboxylic acids is 1. The first kappa shape index (κ1) is 16.2. The monoisotopic (exact) mass is 339 g/mol. The third-order valence-electron chi connectivity index (χ3n) is 3.55. The second kappa shape index (κ2) is 7.27. The first-order valence-corrected chi connectivity index (χ1v) is 8.43. The summed E-state index contributed by atoms with van der Waals surface area (Å²) in [6.45, 7) is 0. The minimum absolute atomic E-state index is 0.00233. The zero-order chi connectivity index (χ0) is 16.9. The molecule has 0 spiro atoms. The number of ether oxygens (including phenoxy) is 1. The molecule has 1 amide bonds. The molecule has 0 saturated heterocycles. The summed E-state index contributed by atoms with van der Waals surface area (Å²) < 4.78 is 4.98. The fourth-order valence-electron chi connectivity index (χ4n) is 2.37. The number of phenolic OH excluding ortho intramolecular Hbond substituents is 1. The van der Waals surface area contributed by atoms with E-state index >= 15 is 0 Å². The van der Waals surface area contributed by atoms with Crippen LogP contribution in [-0.4, -0.2) is 23.9 Å². The number of phenols is 1. The molecule has 24 heavy (non-hydrogen) atoms. The van der Waals surface area contributed by atoms with E-state index in [0.29, 0.717) is 17.2 Å². The highest BCUT2D eigenvalue weighted by molar-refractivity contribution is 8.00. The van der Waals surface area contributed by atoms with Crippen molar-refractivity contribution in [3.05, 3.63) is 60.7 Å². The SMILES string of the molecule is COc1ccc(NC(=O)CSc2ccc3ccccc3c2)cc1O. The molecule has 3 rings (SSSR count). The Morgan fingerprint density at radius 3 is 2.62 bits per heavy atom. The van der Waals surface area contributed by atoms with Gasteiger partial charge in [0.15, 0.2) is 11.5 Å². The molecule has 0 heterocycles. The van der Waals surface area contributed by atoms with Gasteiger partial charge in [-0.05, 0) is 35.0 Å². The Balaban J connectivity index is 1.61. The number of rotatable bonds is 5. The van der Waals surface area contributed by atoms with Crippen LogP contribution < -0.4 is 10.1 Å². The molecular weight excluding hydrogens is 322 g/mol. The summed E-state index contributed by atoms with van der Waals surface area (Å²) in [5.74, 6) is 0.541. The van der Waals surface area contributed by atoms with Crippen molar-refractivity contribution in [1.29, 1.82) is 0 Å². The van der Waals surface area contributed by atoms with Crippen molar-refractivity contribution in [2.45, 2.75) is 4.90 Å². The van der Waals surface area contributed by atoms with Crippen molar-refractivity contribution in [2.24, 2.45) is 0 Å². The lowest BCUT2D eigenvalue weighted by atomic mass is 10.1. The predicted molar refractivity (Wildman–Crippen MR) is 98.0 cm³/mol. The van der Waals surface area contributed by atoms with Crippen LogP contribution >= 0.6 is 11.8 Å². The van der Waals surface area contributed by atoms with E-state index in [0.717, 1.165) is 10.3 Å². The van der Waals surface area contributed by atoms with Crippen molar-refractivity contribution >= 4 is 34.1 Å². The van der Waals surface area contributed by atoms with E-state index in [9.17, 15) is 9.90 Å². The van der Waals surface area contributed by atoms with Crippen LogP contribution in [0.3, 0.4) is 0 Å². The van der Waals surface area contributed by atoms with Gasteiger partial charge in [0.1, 0.15) is 0 Å². The summed E-state index contributed by atoms with van der Waals surface area (Å²) in [6, 6.07) is 19.0. The third-order valence-corrected chi connectivity index (χ3v) is 4.55. The number of carbonyl (C=O) groups is 1. The topological polar surface area (TPSA) is 58.6 Å². The predicted octanol–water partition coefficient (Wildman–Crippen LogP) is 4.28. The van der Waals surface area contributed by atoms with E-state index in [2.05, 4.69) is 29.6 Å². The van der Waals surface area contributed by atoms with Crippen LogP contribution in [0.4, 0.5) is 5.69 Å². The molecule has 0 fully saturated rings. The molecule has 0 saturated carbocycles. The van der Waals surface area contributed by atoms with Crippen molar-refractivity contribution in [3.8, 4) is 11.5 Å². The Labute approximate surface area is 144 Å². The summed E-state index contributed by atoms with van der Waals surface area (Å²) in [7, 11) is 1.48. The highest BCUT2D eigenvalue weighted by atomic mass is 32.2. The Kier molecular flexibility index (Phi) is 4.91. The van der Waals surface area contributed by atoms with Gasteiger partial charge in [0.2, 0.25) is 5.91 Å². The highest BCUT2D eigenvalue weighted by Gasteiger charge is 2.07. The van der Waals surface area contributed by atoms with Crippen LogP contribution in [0.1, 0.15) is 0 Å². The number of methoxy groups -OCH3 is 1. The van der Waals surface area contributed by atoms with Gasteiger partial charge in [-0.2, -0.15) is 0 Å². The molecule has 2 N–H and O–H groups in total. The van der Waals surface area contributed by atoms with Crippen LogP contribution in [-0.2, 0) is 4.79 Å². The van der Waals surface area contributed by atoms with E-state index in [1.807, 2.05) is 18.2 Å². The maximum atomic E-state index is 12.1. The number of hydrogen-bond donors (Lipinski definition) is 2. The molecule has 0 radical (unpaired) electrons. The minimum atomic E-state index is -0.127. The molecule has 0 unspecified atom stereocenters. The molecule has 0 aliphatic rings. The quantitative estimate of drug-likeness (QED) is 0.681. The van der Waals surface area contributed by atoms with E-state index < -0.39 is 0 Å². The van der Waals surface area contributed by atoms with Gasteiger partial charge in [-0.1, -0.05) is 30.3 Å². The molecule has 0 atom stereocenters. The van der Waals surface area contributed by atoms with Crippen LogP contribution in [0.5, 0.6) is 11.5 Å². The molecular formula is C19H17NO3S. The van der Waals surface area contributed by atoms with E-state index in [4.69, 9.17) is 4.74 Å². The highest BCUT2D eigenvalue weighted by Crippen LogP contribution is 2.29. The minimum Gasteiger partial charge on any atom is -0.504 e. The van der Waals surface area contributed by atoms with Gasteiger partial charge in [-0.25, -0.2) is 0 Å². The first-order valence-electron chi connectivity index (χ1n) is 7.44. The number of aromatic hydroxyl groups is 1. The van der Waals surface area contributed by atoms with Gasteiger partial charge in [0.05, 0.1) is 12.9 Å². The molecule has 122 valence electrons. The van der Waals surface area contributed by atoms with Gasteiger partial charge >= 0.3 is 0 Å². The number of hydrogen-bond acceptors (Lipinski definition) is 4. The van der Waals surface area contributed by atoms with Crippen LogP contribution in [0.15, 0.2) is 65.6 Å². The van der Waals surface area contributed by atoms with Gasteiger partial charge in [-0.3, -0.25) is 4.79 Å². The lowest BCUT2D eigenvalue weighted by Gasteiger charge is -2.08. The fourth-order valence-corrected chi connectivity index (χ4v) is 3.12. The van der Waals surface area contributed by atoms with Crippen molar-refractivity contribution < 1.29 is 14.6 Å². The Morgan fingerprint density at radius 2 is 1.88 bits per heavy atom. The average molecular weight is 339 g/mol. The van der Waals surface area contributed by atoms with E-state index in [1.54, 1.807) is 12.1 Å². The zero-order valence-electron chi connectivity index (χ0n) is 13.2. The molecule has 3 aromatic rings. The van der Waals surface area contributed by atoms with Crippen LogP contribution in [0.25, 0.3) is 10.8 Å². The maximum Gasteiger partial charge on any atom is 0.234 e. The second-order valence-corrected chi connectivity index (χ2v) is 6.28. The largest absolute Gasteiger partial charge is 0.504 e. The summed E-state index contributed by atoms with van der Waals surface area (Å²) in [4.78, 5) is 13.1. The Bertz CT molecular complexity index is 879. The molecule has 0 aliphatic carbocycles.